The van der Waals surface area contributed by atoms with Gasteiger partial charge in [-0.2, -0.15) is 5.10 Å². The van der Waals surface area contributed by atoms with Crippen LogP contribution in [0, 0.1) is 9.49 Å². The van der Waals surface area contributed by atoms with Crippen LogP contribution < -0.4 is 0 Å². The van der Waals surface area contributed by atoms with Gasteiger partial charge in [-0.1, -0.05) is 19.9 Å². The molecule has 0 aliphatic carbocycles. The van der Waals surface area contributed by atoms with Gasteiger partial charge in [0.25, 0.3) is 0 Å². The van der Waals surface area contributed by atoms with Crippen molar-refractivity contribution in [3.05, 3.63) is 28.0 Å². The van der Waals surface area contributed by atoms with E-state index in [1.165, 1.54) is 20.9 Å². The molecular formula is C12H15IN2. The lowest BCUT2D eigenvalue weighted by molar-refractivity contribution is 0.496. The second-order valence-corrected chi connectivity index (χ2v) is 5.50. The van der Waals surface area contributed by atoms with E-state index in [1.807, 2.05) is 6.20 Å². The van der Waals surface area contributed by atoms with Gasteiger partial charge < -0.3 is 0 Å². The van der Waals surface area contributed by atoms with Crippen molar-refractivity contribution in [2.75, 3.05) is 0 Å². The van der Waals surface area contributed by atoms with Crippen LogP contribution in [0.3, 0.4) is 0 Å². The Morgan fingerprint density at radius 1 is 1.40 bits per heavy atom. The summed E-state index contributed by atoms with van der Waals surface area (Å²) in [7, 11) is 0. The number of benzene rings is 1. The van der Waals surface area contributed by atoms with Crippen molar-refractivity contribution in [1.29, 1.82) is 0 Å². The van der Waals surface area contributed by atoms with Crippen molar-refractivity contribution in [2.45, 2.75) is 26.8 Å². The standard InChI is InChI=1S/C12H15IN2/c1-9(2)5-6-15-12-7-11(13)4-3-10(12)8-14-15/h3-4,7-9H,5-6H2,1-2H3. The number of aromatic nitrogens is 2. The number of hydrogen-bond acceptors (Lipinski definition) is 1. The van der Waals surface area contributed by atoms with Gasteiger partial charge >= 0.3 is 0 Å². The van der Waals surface area contributed by atoms with E-state index >= 15 is 0 Å². The fourth-order valence-electron chi connectivity index (χ4n) is 1.60. The molecule has 3 heteroatoms. The molecule has 0 N–H and O–H groups in total. The highest BCUT2D eigenvalue weighted by Gasteiger charge is 2.03. The van der Waals surface area contributed by atoms with Crippen molar-refractivity contribution in [3.8, 4) is 0 Å². The van der Waals surface area contributed by atoms with Crippen LogP contribution in [0.4, 0.5) is 0 Å². The molecule has 2 nitrogen and oxygen atoms in total. The van der Waals surface area contributed by atoms with Gasteiger partial charge in [0, 0.05) is 15.5 Å². The highest BCUT2D eigenvalue weighted by Crippen LogP contribution is 2.17. The smallest absolute Gasteiger partial charge is 0.0692 e. The molecule has 0 aliphatic rings. The minimum Gasteiger partial charge on any atom is -0.265 e. The Bertz CT molecular complexity index is 460. The van der Waals surface area contributed by atoms with Crippen molar-refractivity contribution in [1.82, 2.24) is 9.78 Å². The first-order valence-electron chi connectivity index (χ1n) is 5.28. The molecular weight excluding hydrogens is 299 g/mol. The number of hydrogen-bond donors (Lipinski definition) is 0. The van der Waals surface area contributed by atoms with E-state index < -0.39 is 0 Å². The van der Waals surface area contributed by atoms with E-state index in [4.69, 9.17) is 0 Å². The van der Waals surface area contributed by atoms with Crippen LogP contribution in [0.2, 0.25) is 0 Å². The van der Waals surface area contributed by atoms with Crippen LogP contribution in [0.5, 0.6) is 0 Å². The average Bonchev–Trinajstić information content (AvgIpc) is 2.57. The van der Waals surface area contributed by atoms with E-state index in [1.54, 1.807) is 0 Å². The number of nitrogens with zero attached hydrogens (tertiary/aromatic N) is 2. The molecule has 0 unspecified atom stereocenters. The normalized spacial score (nSPS) is 11.5. The van der Waals surface area contributed by atoms with Crippen LogP contribution in [-0.4, -0.2) is 9.78 Å². The topological polar surface area (TPSA) is 17.8 Å². The van der Waals surface area contributed by atoms with Crippen LogP contribution >= 0.6 is 22.6 Å². The molecule has 0 saturated heterocycles. The Balaban J connectivity index is 2.31. The summed E-state index contributed by atoms with van der Waals surface area (Å²) >= 11 is 2.34. The average molecular weight is 314 g/mol. The lowest BCUT2D eigenvalue weighted by Crippen LogP contribution is -2.02. The maximum Gasteiger partial charge on any atom is 0.0692 e. The number of rotatable bonds is 3. The van der Waals surface area contributed by atoms with E-state index in [2.05, 4.69) is 64.4 Å². The lowest BCUT2D eigenvalue weighted by atomic mass is 10.1. The Morgan fingerprint density at radius 3 is 2.93 bits per heavy atom. The fraction of sp³-hybridized carbons (Fsp3) is 0.417. The summed E-state index contributed by atoms with van der Waals surface area (Å²) in [4.78, 5) is 0. The van der Waals surface area contributed by atoms with Crippen LogP contribution in [0.15, 0.2) is 24.4 Å². The maximum absolute atomic E-state index is 4.42. The predicted octanol–water partition coefficient (Wildman–Crippen LogP) is 3.69. The molecule has 80 valence electrons. The van der Waals surface area contributed by atoms with E-state index in [0.717, 1.165) is 12.5 Å². The fourth-order valence-corrected chi connectivity index (χ4v) is 2.08. The van der Waals surface area contributed by atoms with Gasteiger partial charge in [0.1, 0.15) is 0 Å². The molecule has 2 rings (SSSR count). The molecule has 0 bridgehead atoms. The lowest BCUT2D eigenvalue weighted by Gasteiger charge is -2.06. The van der Waals surface area contributed by atoms with E-state index in [-0.39, 0.29) is 0 Å². The SMILES string of the molecule is CC(C)CCn1ncc2ccc(I)cc21. The molecule has 1 heterocycles. The van der Waals surface area contributed by atoms with E-state index in [9.17, 15) is 0 Å². The van der Waals surface area contributed by atoms with Crippen molar-refractivity contribution < 1.29 is 0 Å². The van der Waals surface area contributed by atoms with Crippen molar-refractivity contribution in [2.24, 2.45) is 5.92 Å². The molecule has 0 atom stereocenters. The molecule has 0 amide bonds. The van der Waals surface area contributed by atoms with E-state index in [0.29, 0.717) is 0 Å². The predicted molar refractivity (Wildman–Crippen MR) is 71.9 cm³/mol. The van der Waals surface area contributed by atoms with Crippen LogP contribution in [0.1, 0.15) is 20.3 Å². The van der Waals surface area contributed by atoms with Crippen molar-refractivity contribution in [3.63, 3.8) is 0 Å². The number of fused-ring (bicyclic) bond motifs is 1. The Hall–Kier alpha value is -0.580. The summed E-state index contributed by atoms with van der Waals surface area (Å²) in [6.45, 7) is 5.51. The summed E-state index contributed by atoms with van der Waals surface area (Å²) in [6, 6.07) is 6.45. The monoisotopic (exact) mass is 314 g/mol. The van der Waals surface area contributed by atoms with Crippen LogP contribution in [-0.2, 0) is 6.54 Å². The van der Waals surface area contributed by atoms with Crippen LogP contribution in [0.25, 0.3) is 10.9 Å². The summed E-state index contributed by atoms with van der Waals surface area (Å²) < 4.78 is 3.38. The Labute approximate surface area is 104 Å². The summed E-state index contributed by atoms with van der Waals surface area (Å²) in [5, 5.41) is 5.66. The minimum absolute atomic E-state index is 0.729. The zero-order valence-corrected chi connectivity index (χ0v) is 11.2. The molecule has 1 aromatic carbocycles. The van der Waals surface area contributed by atoms with Gasteiger partial charge in [0.05, 0.1) is 11.7 Å². The molecule has 2 aromatic rings. The third-order valence-electron chi connectivity index (χ3n) is 2.53. The number of aryl methyl sites for hydroxylation is 1. The van der Waals surface area contributed by atoms with Gasteiger partial charge in [0.15, 0.2) is 0 Å². The molecule has 0 aliphatic heterocycles. The quantitative estimate of drug-likeness (QED) is 0.790. The van der Waals surface area contributed by atoms with Gasteiger partial charge in [-0.3, -0.25) is 4.68 Å². The summed E-state index contributed by atoms with van der Waals surface area (Å²) in [5.41, 5.74) is 1.25. The highest BCUT2D eigenvalue weighted by molar-refractivity contribution is 14.1. The molecule has 0 fully saturated rings. The molecule has 1 aromatic heterocycles. The van der Waals surface area contributed by atoms with Gasteiger partial charge in [-0.05, 0) is 47.1 Å². The summed E-state index contributed by atoms with van der Waals surface area (Å²) in [5.74, 6) is 0.729. The van der Waals surface area contributed by atoms with Crippen molar-refractivity contribution >= 4 is 33.5 Å². The highest BCUT2D eigenvalue weighted by atomic mass is 127. The molecule has 15 heavy (non-hydrogen) atoms. The molecule has 0 spiro atoms. The second kappa shape index (κ2) is 4.51. The zero-order valence-electron chi connectivity index (χ0n) is 9.07. The van der Waals surface area contributed by atoms with Gasteiger partial charge in [-0.25, -0.2) is 0 Å². The first kappa shape index (κ1) is 10.9. The second-order valence-electron chi connectivity index (χ2n) is 4.25. The third kappa shape index (κ3) is 2.51. The Kier molecular flexibility index (Phi) is 3.29. The summed E-state index contributed by atoms with van der Waals surface area (Å²) in [6.07, 6.45) is 3.13. The third-order valence-corrected chi connectivity index (χ3v) is 3.20. The first-order chi connectivity index (χ1) is 7.16. The van der Waals surface area contributed by atoms with Gasteiger partial charge in [0.2, 0.25) is 0 Å². The minimum atomic E-state index is 0.729. The zero-order chi connectivity index (χ0) is 10.8. The molecule has 0 radical (unpaired) electrons. The molecule has 0 saturated carbocycles. The largest absolute Gasteiger partial charge is 0.265 e. The maximum atomic E-state index is 4.42. The van der Waals surface area contributed by atoms with Gasteiger partial charge in [-0.15, -0.1) is 0 Å². The first-order valence-corrected chi connectivity index (χ1v) is 6.36. The Morgan fingerprint density at radius 2 is 2.20 bits per heavy atom. The number of halogens is 1.